The van der Waals surface area contributed by atoms with E-state index < -0.39 is 0 Å². The lowest BCUT2D eigenvalue weighted by atomic mass is 10.0. The van der Waals surface area contributed by atoms with Crippen molar-refractivity contribution in [2.24, 2.45) is 5.92 Å². The van der Waals surface area contributed by atoms with E-state index in [-0.39, 0.29) is 18.2 Å². The quantitative estimate of drug-likeness (QED) is 0.787. The van der Waals surface area contributed by atoms with E-state index in [9.17, 15) is 9.59 Å². The van der Waals surface area contributed by atoms with Crippen LogP contribution in [-0.4, -0.2) is 29.7 Å². The van der Waals surface area contributed by atoms with Gasteiger partial charge in [0.1, 0.15) is 0 Å². The summed E-state index contributed by atoms with van der Waals surface area (Å²) in [7, 11) is 0. The Morgan fingerprint density at radius 2 is 2.05 bits per heavy atom. The predicted octanol–water partition coefficient (Wildman–Crippen LogP) is 2.45. The Morgan fingerprint density at radius 3 is 2.74 bits per heavy atom. The third-order valence-electron chi connectivity index (χ3n) is 3.60. The van der Waals surface area contributed by atoms with Gasteiger partial charge in [-0.05, 0) is 17.9 Å². The van der Waals surface area contributed by atoms with Crippen molar-refractivity contribution < 1.29 is 9.59 Å². The summed E-state index contributed by atoms with van der Waals surface area (Å²) in [5, 5.41) is 0. The number of carbonyl (C=O) groups excluding carboxylic acids is 2. The number of likely N-dealkylation sites (tertiary alicyclic amines) is 1. The zero-order valence-corrected chi connectivity index (χ0v) is 11.5. The molecule has 0 radical (unpaired) electrons. The summed E-state index contributed by atoms with van der Waals surface area (Å²) in [5.74, 6) is 0.707. The number of ketones is 1. The van der Waals surface area contributed by atoms with Gasteiger partial charge < -0.3 is 4.90 Å². The molecule has 0 saturated carbocycles. The van der Waals surface area contributed by atoms with E-state index in [1.807, 2.05) is 30.3 Å². The van der Waals surface area contributed by atoms with Crippen molar-refractivity contribution in [1.82, 2.24) is 4.90 Å². The number of benzene rings is 1. The van der Waals surface area contributed by atoms with Gasteiger partial charge in [-0.2, -0.15) is 0 Å². The number of hydrogen-bond acceptors (Lipinski definition) is 2. The van der Waals surface area contributed by atoms with Crippen LogP contribution in [0.2, 0.25) is 0 Å². The standard InChI is InChI=1S/C16H21NO2/c1-2-6-14-10-16(19)17(11-14)12-15(18)9-13-7-4-3-5-8-13/h3-5,7-8,14H,2,6,9-12H2,1H3. The molecule has 1 amide bonds. The van der Waals surface area contributed by atoms with Gasteiger partial charge in [-0.3, -0.25) is 9.59 Å². The molecular formula is C16H21NO2. The summed E-state index contributed by atoms with van der Waals surface area (Å²) < 4.78 is 0. The minimum atomic E-state index is 0.122. The van der Waals surface area contributed by atoms with Crippen molar-refractivity contribution in [3.63, 3.8) is 0 Å². The maximum Gasteiger partial charge on any atom is 0.223 e. The Bertz CT molecular complexity index is 441. The molecular weight excluding hydrogens is 238 g/mol. The Morgan fingerprint density at radius 1 is 1.32 bits per heavy atom. The second-order valence-corrected chi connectivity index (χ2v) is 5.33. The molecule has 1 fully saturated rings. The van der Waals surface area contributed by atoms with E-state index in [0.29, 0.717) is 18.8 Å². The minimum Gasteiger partial charge on any atom is -0.335 e. The third-order valence-corrected chi connectivity index (χ3v) is 3.60. The Labute approximate surface area is 114 Å². The van der Waals surface area contributed by atoms with Crippen LogP contribution in [0.5, 0.6) is 0 Å². The van der Waals surface area contributed by atoms with Gasteiger partial charge in [0.05, 0.1) is 6.54 Å². The van der Waals surface area contributed by atoms with Crippen molar-refractivity contribution in [2.75, 3.05) is 13.1 Å². The Hall–Kier alpha value is -1.64. The van der Waals surface area contributed by atoms with E-state index >= 15 is 0 Å². The second-order valence-electron chi connectivity index (χ2n) is 5.33. The molecule has 1 aromatic carbocycles. The van der Waals surface area contributed by atoms with Crippen LogP contribution in [0.3, 0.4) is 0 Å². The Balaban J connectivity index is 1.84. The largest absolute Gasteiger partial charge is 0.335 e. The molecule has 0 aromatic heterocycles. The maximum atomic E-state index is 12.0. The van der Waals surface area contributed by atoms with Crippen molar-refractivity contribution in [1.29, 1.82) is 0 Å². The molecule has 1 aliphatic rings. The summed E-state index contributed by atoms with van der Waals surface area (Å²) in [6, 6.07) is 9.70. The van der Waals surface area contributed by atoms with Gasteiger partial charge in [0.2, 0.25) is 5.91 Å². The molecule has 19 heavy (non-hydrogen) atoms. The number of carbonyl (C=O) groups is 2. The molecule has 1 aliphatic heterocycles. The smallest absolute Gasteiger partial charge is 0.223 e. The first-order valence-electron chi connectivity index (χ1n) is 7.02. The number of nitrogens with zero attached hydrogens (tertiary/aromatic N) is 1. The number of Topliss-reactive ketones (excluding diaryl/α,β-unsaturated/α-hetero) is 1. The van der Waals surface area contributed by atoms with Gasteiger partial charge in [0, 0.05) is 19.4 Å². The van der Waals surface area contributed by atoms with Crippen LogP contribution in [0, 0.1) is 5.92 Å². The first-order chi connectivity index (χ1) is 9.19. The highest BCUT2D eigenvalue weighted by molar-refractivity contribution is 5.88. The van der Waals surface area contributed by atoms with Gasteiger partial charge in [-0.15, -0.1) is 0 Å². The lowest BCUT2D eigenvalue weighted by Crippen LogP contribution is -2.32. The number of amides is 1. The van der Waals surface area contributed by atoms with Gasteiger partial charge in [0.25, 0.3) is 0 Å². The first kappa shape index (κ1) is 13.8. The molecule has 1 saturated heterocycles. The van der Waals surface area contributed by atoms with Gasteiger partial charge >= 0.3 is 0 Å². The molecule has 0 spiro atoms. The third kappa shape index (κ3) is 3.91. The van der Waals surface area contributed by atoms with Gasteiger partial charge in [0.15, 0.2) is 5.78 Å². The molecule has 2 rings (SSSR count). The molecule has 1 heterocycles. The van der Waals surface area contributed by atoms with E-state index in [2.05, 4.69) is 6.92 Å². The zero-order valence-electron chi connectivity index (χ0n) is 11.5. The topological polar surface area (TPSA) is 37.4 Å². The van der Waals surface area contributed by atoms with Crippen molar-refractivity contribution in [3.05, 3.63) is 35.9 Å². The van der Waals surface area contributed by atoms with E-state index in [0.717, 1.165) is 24.9 Å². The fraction of sp³-hybridized carbons (Fsp3) is 0.500. The summed E-state index contributed by atoms with van der Waals surface area (Å²) in [4.78, 5) is 25.5. The van der Waals surface area contributed by atoms with Gasteiger partial charge in [-0.1, -0.05) is 43.7 Å². The summed E-state index contributed by atoms with van der Waals surface area (Å²) in [6.07, 6.45) is 3.22. The Kier molecular flexibility index (Phi) is 4.72. The van der Waals surface area contributed by atoms with Crippen molar-refractivity contribution in [3.8, 4) is 0 Å². The summed E-state index contributed by atoms with van der Waals surface area (Å²) in [5.41, 5.74) is 1.02. The lowest BCUT2D eigenvalue weighted by Gasteiger charge is -2.15. The van der Waals surface area contributed by atoms with Crippen LogP contribution in [0.4, 0.5) is 0 Å². The predicted molar refractivity (Wildman–Crippen MR) is 74.7 cm³/mol. The van der Waals surface area contributed by atoms with E-state index in [1.165, 1.54) is 0 Å². The van der Waals surface area contributed by atoms with Crippen LogP contribution in [0.1, 0.15) is 31.7 Å². The summed E-state index contributed by atoms with van der Waals surface area (Å²) in [6.45, 7) is 3.16. The molecule has 1 aromatic rings. The minimum absolute atomic E-state index is 0.122. The normalized spacial score (nSPS) is 18.9. The molecule has 0 aliphatic carbocycles. The first-order valence-corrected chi connectivity index (χ1v) is 7.02. The fourth-order valence-corrected chi connectivity index (χ4v) is 2.70. The molecule has 3 heteroatoms. The maximum absolute atomic E-state index is 12.0. The number of hydrogen-bond donors (Lipinski definition) is 0. The highest BCUT2D eigenvalue weighted by Crippen LogP contribution is 2.21. The monoisotopic (exact) mass is 259 g/mol. The highest BCUT2D eigenvalue weighted by Gasteiger charge is 2.29. The molecule has 3 nitrogen and oxygen atoms in total. The van der Waals surface area contributed by atoms with Crippen molar-refractivity contribution in [2.45, 2.75) is 32.6 Å². The SMILES string of the molecule is CCCC1CC(=O)N(CC(=O)Cc2ccccc2)C1. The average molecular weight is 259 g/mol. The molecule has 0 N–H and O–H groups in total. The van der Waals surface area contributed by atoms with Crippen LogP contribution in [-0.2, 0) is 16.0 Å². The second kappa shape index (κ2) is 6.50. The van der Waals surface area contributed by atoms with Crippen LogP contribution in [0.25, 0.3) is 0 Å². The lowest BCUT2D eigenvalue weighted by molar-refractivity contribution is -0.132. The number of rotatable bonds is 6. The van der Waals surface area contributed by atoms with Gasteiger partial charge in [-0.25, -0.2) is 0 Å². The zero-order chi connectivity index (χ0) is 13.7. The van der Waals surface area contributed by atoms with Crippen LogP contribution >= 0.6 is 0 Å². The molecule has 1 atom stereocenters. The summed E-state index contributed by atoms with van der Waals surface area (Å²) >= 11 is 0. The molecule has 102 valence electrons. The van der Waals surface area contributed by atoms with Crippen molar-refractivity contribution >= 4 is 11.7 Å². The van der Waals surface area contributed by atoms with Crippen LogP contribution < -0.4 is 0 Å². The highest BCUT2D eigenvalue weighted by atomic mass is 16.2. The van der Waals surface area contributed by atoms with E-state index in [4.69, 9.17) is 0 Å². The van der Waals surface area contributed by atoms with Crippen LogP contribution in [0.15, 0.2) is 30.3 Å². The van der Waals surface area contributed by atoms with E-state index in [1.54, 1.807) is 4.90 Å². The average Bonchev–Trinajstić information content (AvgIpc) is 2.71. The molecule has 1 unspecified atom stereocenters. The molecule has 0 bridgehead atoms. The fourth-order valence-electron chi connectivity index (χ4n) is 2.70.